The number of benzene rings is 2. The molecule has 1 aromatic heterocycles. The molecule has 2 heteroatoms. The van der Waals surface area contributed by atoms with Gasteiger partial charge in [-0.15, -0.1) is 0 Å². The van der Waals surface area contributed by atoms with Crippen LogP contribution in [0.5, 0.6) is 0 Å². The number of halogens is 1. The molecule has 3 rings (SSSR count). The molecule has 0 N–H and O–H groups in total. The number of pyridine rings is 1. The summed E-state index contributed by atoms with van der Waals surface area (Å²) in [6.45, 7) is 1.98. The lowest BCUT2D eigenvalue weighted by molar-refractivity contribution is 1.17. The Bertz CT molecular complexity index is 720. The van der Waals surface area contributed by atoms with E-state index in [9.17, 15) is 0 Å². The second-order valence-electron chi connectivity index (χ2n) is 4.72. The van der Waals surface area contributed by atoms with Crippen LogP contribution >= 0.6 is 11.6 Å². The number of aryl methyl sites for hydroxylation is 1. The molecule has 0 saturated carbocycles. The maximum atomic E-state index is 6.30. The first-order valence-electron chi connectivity index (χ1n) is 6.33. The third-order valence-electron chi connectivity index (χ3n) is 3.24. The van der Waals surface area contributed by atoms with Crippen molar-refractivity contribution in [3.8, 4) is 0 Å². The highest BCUT2D eigenvalue weighted by Gasteiger charge is 2.07. The zero-order valence-electron chi connectivity index (χ0n) is 10.7. The van der Waals surface area contributed by atoms with E-state index in [0.717, 1.165) is 28.0 Å². The van der Waals surface area contributed by atoms with E-state index in [0.29, 0.717) is 0 Å². The fourth-order valence-electron chi connectivity index (χ4n) is 2.34. The van der Waals surface area contributed by atoms with E-state index in [-0.39, 0.29) is 0 Å². The molecule has 0 amide bonds. The summed E-state index contributed by atoms with van der Waals surface area (Å²) in [7, 11) is 0. The molecular formula is C17H14ClN. The van der Waals surface area contributed by atoms with Crippen LogP contribution in [-0.2, 0) is 6.42 Å². The minimum atomic E-state index is 0.775. The highest BCUT2D eigenvalue weighted by atomic mass is 35.5. The van der Waals surface area contributed by atoms with Gasteiger partial charge in [0.2, 0.25) is 0 Å². The van der Waals surface area contributed by atoms with Gasteiger partial charge in [0.1, 0.15) is 0 Å². The average molecular weight is 268 g/mol. The molecule has 0 radical (unpaired) electrons. The first kappa shape index (κ1) is 12.2. The molecule has 0 spiro atoms. The molecule has 0 saturated heterocycles. The summed E-state index contributed by atoms with van der Waals surface area (Å²) in [6, 6.07) is 18.5. The number of aromatic nitrogens is 1. The van der Waals surface area contributed by atoms with E-state index in [1.54, 1.807) is 0 Å². The number of hydrogen-bond donors (Lipinski definition) is 0. The molecule has 94 valence electrons. The summed E-state index contributed by atoms with van der Waals surface area (Å²) in [6.07, 6.45) is 0.880. The summed E-state index contributed by atoms with van der Waals surface area (Å²) in [5.74, 6) is 0. The lowest BCUT2D eigenvalue weighted by atomic mass is 10.0. The van der Waals surface area contributed by atoms with Crippen molar-refractivity contribution in [2.45, 2.75) is 13.3 Å². The summed E-state index contributed by atoms with van der Waals surface area (Å²) < 4.78 is 0. The Morgan fingerprint density at radius 2 is 1.79 bits per heavy atom. The van der Waals surface area contributed by atoms with Gasteiger partial charge in [-0.25, -0.2) is 0 Å². The second-order valence-corrected chi connectivity index (χ2v) is 5.13. The van der Waals surface area contributed by atoms with E-state index in [2.05, 4.69) is 35.3 Å². The molecule has 2 aromatic carbocycles. The summed E-state index contributed by atoms with van der Waals surface area (Å²) in [5.41, 5.74) is 4.47. The van der Waals surface area contributed by atoms with Gasteiger partial charge in [0.15, 0.2) is 0 Å². The predicted octanol–water partition coefficient (Wildman–Crippen LogP) is 4.79. The summed E-state index contributed by atoms with van der Waals surface area (Å²) >= 11 is 6.30. The minimum absolute atomic E-state index is 0.775. The van der Waals surface area contributed by atoms with Gasteiger partial charge in [0.05, 0.1) is 10.5 Å². The Morgan fingerprint density at radius 3 is 2.58 bits per heavy atom. The normalized spacial score (nSPS) is 10.8. The molecule has 1 heterocycles. The van der Waals surface area contributed by atoms with Gasteiger partial charge >= 0.3 is 0 Å². The van der Waals surface area contributed by atoms with Crippen molar-refractivity contribution in [3.63, 3.8) is 0 Å². The number of nitrogens with zero attached hydrogens (tertiary/aromatic N) is 1. The Labute approximate surface area is 117 Å². The molecule has 0 fully saturated rings. The maximum Gasteiger partial charge on any atom is 0.0755 e. The van der Waals surface area contributed by atoms with Crippen molar-refractivity contribution < 1.29 is 0 Å². The van der Waals surface area contributed by atoms with Gasteiger partial charge in [0, 0.05) is 11.1 Å². The second kappa shape index (κ2) is 5.02. The fourth-order valence-corrected chi connectivity index (χ4v) is 2.65. The Morgan fingerprint density at radius 1 is 1.00 bits per heavy atom. The van der Waals surface area contributed by atoms with E-state index in [1.807, 2.05) is 31.2 Å². The van der Waals surface area contributed by atoms with E-state index >= 15 is 0 Å². The highest BCUT2D eigenvalue weighted by molar-refractivity contribution is 6.35. The lowest BCUT2D eigenvalue weighted by Crippen LogP contribution is -1.93. The quantitative estimate of drug-likeness (QED) is 0.651. The molecule has 19 heavy (non-hydrogen) atoms. The van der Waals surface area contributed by atoms with Crippen molar-refractivity contribution >= 4 is 22.5 Å². The topological polar surface area (TPSA) is 12.9 Å². The molecule has 3 aromatic rings. The largest absolute Gasteiger partial charge is 0.253 e. The zero-order valence-corrected chi connectivity index (χ0v) is 11.5. The number of fused-ring (bicyclic) bond motifs is 1. The fraction of sp³-hybridized carbons (Fsp3) is 0.118. The van der Waals surface area contributed by atoms with Crippen LogP contribution in [-0.4, -0.2) is 4.98 Å². The van der Waals surface area contributed by atoms with Crippen LogP contribution in [0.4, 0.5) is 0 Å². The number of para-hydroxylation sites is 1. The maximum absolute atomic E-state index is 6.30. The van der Waals surface area contributed by atoms with Gasteiger partial charge in [-0.2, -0.15) is 0 Å². The number of rotatable bonds is 2. The summed E-state index contributed by atoms with van der Waals surface area (Å²) in [5, 5.41) is 1.80. The van der Waals surface area contributed by atoms with Crippen LogP contribution in [0.3, 0.4) is 0 Å². The number of hydrogen-bond acceptors (Lipinski definition) is 1. The van der Waals surface area contributed by atoms with Gasteiger partial charge in [-0.1, -0.05) is 60.1 Å². The molecule has 0 atom stereocenters. The van der Waals surface area contributed by atoms with Gasteiger partial charge in [0.25, 0.3) is 0 Å². The van der Waals surface area contributed by atoms with Crippen LogP contribution in [0.2, 0.25) is 5.02 Å². The van der Waals surface area contributed by atoms with Crippen LogP contribution in [0.25, 0.3) is 10.9 Å². The van der Waals surface area contributed by atoms with Crippen LogP contribution in [0, 0.1) is 6.92 Å². The van der Waals surface area contributed by atoms with Gasteiger partial charge in [-0.05, 0) is 30.5 Å². The first-order valence-corrected chi connectivity index (χ1v) is 6.70. The Balaban J connectivity index is 2.14. The minimum Gasteiger partial charge on any atom is -0.253 e. The van der Waals surface area contributed by atoms with E-state index in [1.165, 1.54) is 11.1 Å². The van der Waals surface area contributed by atoms with Crippen molar-refractivity contribution in [1.82, 2.24) is 4.98 Å². The smallest absolute Gasteiger partial charge is 0.0755 e. The monoisotopic (exact) mass is 267 g/mol. The van der Waals surface area contributed by atoms with Crippen LogP contribution < -0.4 is 0 Å². The van der Waals surface area contributed by atoms with Gasteiger partial charge in [-0.3, -0.25) is 4.98 Å². The van der Waals surface area contributed by atoms with Crippen LogP contribution in [0.1, 0.15) is 16.8 Å². The molecule has 0 bridgehead atoms. The summed E-state index contributed by atoms with van der Waals surface area (Å²) in [4.78, 5) is 4.65. The van der Waals surface area contributed by atoms with E-state index in [4.69, 9.17) is 11.6 Å². The molecular weight excluding hydrogens is 254 g/mol. The highest BCUT2D eigenvalue weighted by Crippen LogP contribution is 2.26. The van der Waals surface area contributed by atoms with Crippen molar-refractivity contribution in [1.29, 1.82) is 0 Å². The first-order chi connectivity index (χ1) is 9.24. The molecule has 0 aliphatic heterocycles. The Hall–Kier alpha value is -1.86. The molecule has 0 aliphatic rings. The SMILES string of the molecule is Cc1cc(Cl)c2cccc(Cc3ccccc3)c2n1. The van der Waals surface area contributed by atoms with Crippen molar-refractivity contribution in [2.75, 3.05) is 0 Å². The third-order valence-corrected chi connectivity index (χ3v) is 3.55. The lowest BCUT2D eigenvalue weighted by Gasteiger charge is -2.08. The standard InChI is InChI=1S/C17H14ClN/c1-12-10-16(18)15-9-5-8-14(17(15)19-12)11-13-6-3-2-4-7-13/h2-10H,11H2,1H3. The van der Waals surface area contributed by atoms with Crippen molar-refractivity contribution in [2.24, 2.45) is 0 Å². The van der Waals surface area contributed by atoms with Crippen LogP contribution in [0.15, 0.2) is 54.6 Å². The zero-order chi connectivity index (χ0) is 13.2. The molecule has 0 aliphatic carbocycles. The predicted molar refractivity (Wildman–Crippen MR) is 80.7 cm³/mol. The molecule has 1 nitrogen and oxygen atoms in total. The van der Waals surface area contributed by atoms with E-state index < -0.39 is 0 Å². The Kier molecular flexibility index (Phi) is 3.22. The van der Waals surface area contributed by atoms with Gasteiger partial charge < -0.3 is 0 Å². The molecule has 0 unspecified atom stereocenters. The third kappa shape index (κ3) is 2.47. The van der Waals surface area contributed by atoms with Crippen molar-refractivity contribution in [3.05, 3.63) is 76.4 Å². The average Bonchev–Trinajstić information content (AvgIpc) is 2.41.